The molecule has 0 amide bonds. The Labute approximate surface area is 332 Å². The van der Waals surface area contributed by atoms with Gasteiger partial charge in [-0.1, -0.05) is 194 Å². The summed E-state index contributed by atoms with van der Waals surface area (Å²) in [5, 5.41) is 0. The van der Waals surface area contributed by atoms with Crippen LogP contribution in [0.3, 0.4) is 0 Å². The smallest absolute Gasteiger partial charge is 0.178 e. The van der Waals surface area contributed by atoms with E-state index >= 15 is 0 Å². The van der Waals surface area contributed by atoms with Crippen molar-refractivity contribution in [2.24, 2.45) is 0 Å². The fourth-order valence-corrected chi connectivity index (χ4v) is 5.43. The summed E-state index contributed by atoms with van der Waals surface area (Å²) < 4.78 is 0. The van der Waals surface area contributed by atoms with Gasteiger partial charge in [-0.3, -0.25) is 9.59 Å². The first-order valence-corrected chi connectivity index (χ1v) is 18.4. The fourth-order valence-electron chi connectivity index (χ4n) is 5.43. The summed E-state index contributed by atoms with van der Waals surface area (Å²) in [5.74, 6) is 24.6. The molecule has 56 heavy (non-hydrogen) atoms. The molecule has 0 heterocycles. The number of ketones is 2. The molecule has 2 heteroatoms. The zero-order chi connectivity index (χ0) is 38.9. The van der Waals surface area contributed by atoms with E-state index in [4.69, 9.17) is 0 Å². The van der Waals surface area contributed by atoms with Crippen molar-refractivity contribution >= 4 is 11.6 Å². The van der Waals surface area contributed by atoms with Gasteiger partial charge in [0.1, 0.15) is 0 Å². The normalized spacial score (nSPS) is 18.5. The summed E-state index contributed by atoms with van der Waals surface area (Å²) in [6.45, 7) is 0. The molecule has 268 valence electrons. The van der Waals surface area contributed by atoms with Crippen LogP contribution in [0.1, 0.15) is 25.7 Å². The van der Waals surface area contributed by atoms with Crippen molar-refractivity contribution < 1.29 is 9.59 Å². The minimum Gasteiger partial charge on any atom is -0.290 e. The standard InChI is InChI=1S/C54H40O2/c55-53-37-17-13-33-49-29-9-5-25-45(41-49)21-1-2-22-46-26-6-10-30-50(42-46)34-14-18-38-54(56)40-20-16-36-52-32-12-8-28-48(44-52)24-4-3-23-47-27-7-11-31-51(43-47)35-15-19-39-53/h5-20,25-40H,41-44H2. The minimum atomic E-state index is -0.103. The SMILES string of the molecule is O=C1C=CC=CC2=CC=CC=C(C#CC#CC3=CC=CC=C(C=CC=CC(=O)C=CC=CC4=CC=CC=C(C#CC#CC5=CC=CC=C(C=CC=C1)C5)C4)C3)C2. The average molecular weight is 721 g/mol. The summed E-state index contributed by atoms with van der Waals surface area (Å²) in [7, 11) is 0. The van der Waals surface area contributed by atoms with E-state index in [0.29, 0.717) is 25.7 Å². The Morgan fingerprint density at radius 3 is 0.732 bits per heavy atom. The van der Waals surface area contributed by atoms with Gasteiger partial charge in [-0.2, -0.15) is 0 Å². The van der Waals surface area contributed by atoms with E-state index in [1.807, 2.05) is 146 Å². The summed E-state index contributed by atoms with van der Waals surface area (Å²) in [6, 6.07) is 0. The molecule has 0 radical (unpaired) electrons. The average Bonchev–Trinajstić information content (AvgIpc) is 3.76. The second-order valence-corrected chi connectivity index (χ2v) is 12.7. The molecule has 0 aromatic carbocycles. The van der Waals surface area contributed by atoms with Crippen LogP contribution in [0.4, 0.5) is 0 Å². The van der Waals surface area contributed by atoms with Gasteiger partial charge >= 0.3 is 0 Å². The summed E-state index contributed by atoms with van der Waals surface area (Å²) in [4.78, 5) is 24.9. The second kappa shape index (κ2) is 23.1. The zero-order valence-corrected chi connectivity index (χ0v) is 31.1. The van der Waals surface area contributed by atoms with Crippen LogP contribution in [-0.2, 0) is 9.59 Å². The predicted molar refractivity (Wildman–Crippen MR) is 234 cm³/mol. The molecule has 0 spiro atoms. The number of fused-ring (bicyclic) bond motifs is 8. The van der Waals surface area contributed by atoms with Crippen molar-refractivity contribution in [3.63, 3.8) is 0 Å². The van der Waals surface area contributed by atoms with Crippen LogP contribution in [0, 0.1) is 47.4 Å². The maximum atomic E-state index is 12.5. The van der Waals surface area contributed by atoms with Crippen LogP contribution in [0.5, 0.6) is 0 Å². The molecule has 2 nitrogen and oxygen atoms in total. The first-order valence-electron chi connectivity index (χ1n) is 18.4. The molecule has 0 aromatic heterocycles. The largest absolute Gasteiger partial charge is 0.290 e. The Morgan fingerprint density at radius 2 is 0.482 bits per heavy atom. The third-order valence-electron chi connectivity index (χ3n) is 8.20. The minimum absolute atomic E-state index is 0.103. The lowest BCUT2D eigenvalue weighted by atomic mass is 10.0. The number of carbonyl (C=O) groups is 2. The van der Waals surface area contributed by atoms with Crippen LogP contribution in [0.25, 0.3) is 0 Å². The Balaban J connectivity index is 1.31. The van der Waals surface area contributed by atoms with E-state index in [1.165, 1.54) is 0 Å². The zero-order valence-electron chi connectivity index (χ0n) is 31.1. The first kappa shape index (κ1) is 39.6. The lowest BCUT2D eigenvalue weighted by Gasteiger charge is -1.99. The van der Waals surface area contributed by atoms with Crippen LogP contribution < -0.4 is 0 Å². The molecule has 0 unspecified atom stereocenters. The maximum Gasteiger partial charge on any atom is 0.178 e. The second-order valence-electron chi connectivity index (χ2n) is 12.7. The van der Waals surface area contributed by atoms with Crippen molar-refractivity contribution in [3.8, 4) is 47.4 Å². The van der Waals surface area contributed by atoms with Crippen LogP contribution in [0.2, 0.25) is 0 Å². The van der Waals surface area contributed by atoms with E-state index in [0.717, 1.165) is 44.6 Å². The lowest BCUT2D eigenvalue weighted by Crippen LogP contribution is -1.85. The summed E-state index contributed by atoms with van der Waals surface area (Å²) in [6.07, 6.45) is 63.1. The van der Waals surface area contributed by atoms with Crippen LogP contribution in [0.15, 0.2) is 239 Å². The van der Waals surface area contributed by atoms with Crippen LogP contribution in [-0.4, -0.2) is 11.6 Å². The first-order chi connectivity index (χ1) is 27.6. The van der Waals surface area contributed by atoms with Crippen molar-refractivity contribution in [3.05, 3.63) is 239 Å². The lowest BCUT2D eigenvalue weighted by molar-refractivity contribution is -0.111. The quantitative estimate of drug-likeness (QED) is 0.234. The molecule has 0 atom stereocenters. The fraction of sp³-hybridized carbons (Fsp3) is 0.0741. The molecule has 8 bridgehead atoms. The van der Waals surface area contributed by atoms with E-state index < -0.39 is 0 Å². The van der Waals surface area contributed by atoms with Gasteiger partial charge in [-0.15, -0.1) is 0 Å². The van der Waals surface area contributed by atoms with Gasteiger partial charge in [0, 0.05) is 48.0 Å². The maximum absolute atomic E-state index is 12.5. The highest BCUT2D eigenvalue weighted by Gasteiger charge is 2.02. The number of hydrogen-bond donors (Lipinski definition) is 0. The number of hydrogen-bond acceptors (Lipinski definition) is 2. The van der Waals surface area contributed by atoms with Gasteiger partial charge in [0.15, 0.2) is 11.6 Å². The number of allylic oxidation sites excluding steroid dienone is 40. The van der Waals surface area contributed by atoms with Crippen LogP contribution >= 0.6 is 0 Å². The highest BCUT2D eigenvalue weighted by atomic mass is 16.1. The molecule has 5 rings (SSSR count). The van der Waals surface area contributed by atoms with E-state index in [-0.39, 0.29) is 11.6 Å². The van der Waals surface area contributed by atoms with Gasteiger partial charge in [0.25, 0.3) is 0 Å². The van der Waals surface area contributed by atoms with E-state index in [9.17, 15) is 9.59 Å². The highest BCUT2D eigenvalue weighted by molar-refractivity contribution is 6.00. The number of carbonyl (C=O) groups excluding carboxylic acids is 2. The number of rotatable bonds is 0. The summed E-state index contributed by atoms with van der Waals surface area (Å²) >= 11 is 0. The Kier molecular flexibility index (Phi) is 16.4. The summed E-state index contributed by atoms with van der Waals surface area (Å²) in [5.41, 5.74) is 8.08. The Hall–Kier alpha value is -7.62. The van der Waals surface area contributed by atoms with Crippen molar-refractivity contribution in [1.29, 1.82) is 0 Å². The molecule has 0 fully saturated rings. The van der Waals surface area contributed by atoms with Crippen molar-refractivity contribution in [1.82, 2.24) is 0 Å². The molecular formula is C54H40O2. The monoisotopic (exact) mass is 720 g/mol. The molecule has 0 saturated carbocycles. The van der Waals surface area contributed by atoms with Gasteiger partial charge in [-0.25, -0.2) is 0 Å². The molecule has 5 aliphatic rings. The third-order valence-corrected chi connectivity index (χ3v) is 8.20. The topological polar surface area (TPSA) is 34.1 Å². The third kappa shape index (κ3) is 15.5. The Bertz CT molecular complexity index is 2130. The highest BCUT2D eigenvalue weighted by Crippen LogP contribution is 2.19. The van der Waals surface area contributed by atoms with E-state index in [2.05, 4.69) is 47.4 Å². The molecule has 0 saturated heterocycles. The Morgan fingerprint density at radius 1 is 0.268 bits per heavy atom. The predicted octanol–water partition coefficient (Wildman–Crippen LogP) is 10.9. The van der Waals surface area contributed by atoms with Gasteiger partial charge in [0.05, 0.1) is 0 Å². The molecule has 0 N–H and O–H groups in total. The molecule has 0 aliphatic heterocycles. The molecular weight excluding hydrogens is 681 g/mol. The van der Waals surface area contributed by atoms with Crippen molar-refractivity contribution in [2.75, 3.05) is 0 Å². The van der Waals surface area contributed by atoms with Crippen molar-refractivity contribution in [2.45, 2.75) is 25.7 Å². The van der Waals surface area contributed by atoms with Gasteiger partial charge in [-0.05, 0) is 70.3 Å². The van der Waals surface area contributed by atoms with Gasteiger partial charge in [0.2, 0.25) is 0 Å². The van der Waals surface area contributed by atoms with E-state index in [1.54, 1.807) is 48.6 Å². The molecule has 0 aromatic rings. The van der Waals surface area contributed by atoms with Gasteiger partial charge < -0.3 is 0 Å². The molecule has 5 aliphatic carbocycles.